The zero-order valence-electron chi connectivity index (χ0n) is 9.04. The molecule has 1 N–H and O–H groups in total. The maximum atomic E-state index is 10.3. The summed E-state index contributed by atoms with van der Waals surface area (Å²) in [4.78, 5) is 10.3. The average Bonchev–Trinajstić information content (AvgIpc) is 2.83. The first kappa shape index (κ1) is 10.4. The van der Waals surface area contributed by atoms with Crippen molar-refractivity contribution in [3.8, 4) is 0 Å². The number of allylic oxidation sites excluding steroid dienone is 1. The summed E-state index contributed by atoms with van der Waals surface area (Å²) in [6.45, 7) is 1.32. The molecule has 4 heteroatoms. The highest BCUT2D eigenvalue weighted by atomic mass is 16.7. The van der Waals surface area contributed by atoms with Crippen molar-refractivity contribution in [3.63, 3.8) is 0 Å². The molecular formula is C12H16O4. The summed E-state index contributed by atoms with van der Waals surface area (Å²) in [5, 5.41) is 9.96. The molecule has 2 saturated carbocycles. The molecule has 0 aromatic heterocycles. The molecule has 1 saturated heterocycles. The van der Waals surface area contributed by atoms with Crippen molar-refractivity contribution in [2.45, 2.75) is 24.7 Å². The van der Waals surface area contributed by atoms with Crippen molar-refractivity contribution in [1.82, 2.24) is 0 Å². The number of fused-ring (bicyclic) bond motifs is 2. The highest BCUT2D eigenvalue weighted by Crippen LogP contribution is 2.59. The molecule has 2 aliphatic carbocycles. The fraction of sp³-hybridized carbons (Fsp3) is 0.750. The first-order valence-corrected chi connectivity index (χ1v) is 5.85. The number of aliphatic hydroxyl groups excluding tert-OH is 1. The predicted octanol–water partition coefficient (Wildman–Crippen LogP) is 0.501. The molecule has 3 fully saturated rings. The van der Waals surface area contributed by atoms with Crippen molar-refractivity contribution < 1.29 is 19.4 Å². The summed E-state index contributed by atoms with van der Waals surface area (Å²) in [7, 11) is 0. The zero-order chi connectivity index (χ0) is 11.2. The van der Waals surface area contributed by atoms with Crippen LogP contribution in [0.15, 0.2) is 12.2 Å². The van der Waals surface area contributed by atoms with E-state index < -0.39 is 5.79 Å². The van der Waals surface area contributed by atoms with E-state index in [0.717, 1.165) is 19.1 Å². The molecule has 1 heterocycles. The summed E-state index contributed by atoms with van der Waals surface area (Å²) < 4.78 is 11.3. The van der Waals surface area contributed by atoms with Crippen molar-refractivity contribution in [2.75, 3.05) is 13.2 Å². The number of hydrogen-bond acceptors (Lipinski definition) is 4. The SMILES string of the molecule is O=CC=C[C@H]1[C@@H]2CC3(OCCO3)[C@@H]2C[C@@H]1O. The summed E-state index contributed by atoms with van der Waals surface area (Å²) in [5.74, 6) is 0.388. The number of aldehydes is 1. The second-order valence-electron chi connectivity index (χ2n) is 4.88. The lowest BCUT2D eigenvalue weighted by atomic mass is 9.67. The van der Waals surface area contributed by atoms with E-state index in [1.807, 2.05) is 6.08 Å². The topological polar surface area (TPSA) is 55.8 Å². The van der Waals surface area contributed by atoms with Gasteiger partial charge in [-0.25, -0.2) is 0 Å². The smallest absolute Gasteiger partial charge is 0.171 e. The molecule has 88 valence electrons. The van der Waals surface area contributed by atoms with E-state index in [0.29, 0.717) is 25.0 Å². The Hall–Kier alpha value is -0.710. The molecule has 0 aromatic carbocycles. The van der Waals surface area contributed by atoms with Crippen LogP contribution in [-0.2, 0) is 14.3 Å². The van der Waals surface area contributed by atoms with E-state index in [4.69, 9.17) is 9.47 Å². The third kappa shape index (κ3) is 1.30. The fourth-order valence-corrected chi connectivity index (χ4v) is 3.50. The van der Waals surface area contributed by atoms with Crippen LogP contribution in [0.3, 0.4) is 0 Å². The van der Waals surface area contributed by atoms with Gasteiger partial charge >= 0.3 is 0 Å². The average molecular weight is 224 g/mol. The van der Waals surface area contributed by atoms with Crippen LogP contribution in [0.25, 0.3) is 0 Å². The summed E-state index contributed by atoms with van der Waals surface area (Å²) >= 11 is 0. The molecule has 0 amide bonds. The summed E-state index contributed by atoms with van der Waals surface area (Å²) in [6.07, 6.45) is 5.28. The Morgan fingerprint density at radius 3 is 2.75 bits per heavy atom. The van der Waals surface area contributed by atoms with E-state index in [2.05, 4.69) is 0 Å². The number of aliphatic hydroxyl groups is 1. The molecule has 0 radical (unpaired) electrons. The standard InChI is InChI=1S/C12H16O4/c13-3-1-2-8-9-7-12(15-4-5-16-12)10(9)6-11(8)14/h1-3,8-11,14H,4-7H2/t8-,9-,10+,11-/m0/s1. The van der Waals surface area contributed by atoms with Gasteiger partial charge in [-0.2, -0.15) is 0 Å². The van der Waals surface area contributed by atoms with Gasteiger partial charge in [-0.1, -0.05) is 6.08 Å². The van der Waals surface area contributed by atoms with E-state index in [-0.39, 0.29) is 12.0 Å². The molecule has 3 aliphatic rings. The number of ether oxygens (including phenoxy) is 2. The molecule has 4 nitrogen and oxygen atoms in total. The lowest BCUT2D eigenvalue weighted by Crippen LogP contribution is -2.53. The molecule has 0 unspecified atom stereocenters. The van der Waals surface area contributed by atoms with E-state index in [1.165, 1.54) is 6.08 Å². The highest BCUT2D eigenvalue weighted by Gasteiger charge is 2.64. The van der Waals surface area contributed by atoms with Crippen LogP contribution in [0, 0.1) is 17.8 Å². The first-order chi connectivity index (χ1) is 7.77. The Morgan fingerprint density at radius 2 is 2.06 bits per heavy atom. The quantitative estimate of drug-likeness (QED) is 0.548. The van der Waals surface area contributed by atoms with Crippen molar-refractivity contribution in [1.29, 1.82) is 0 Å². The molecule has 1 spiro atoms. The predicted molar refractivity (Wildman–Crippen MR) is 55.5 cm³/mol. The Balaban J connectivity index is 1.74. The van der Waals surface area contributed by atoms with Gasteiger partial charge in [0.05, 0.1) is 19.3 Å². The highest BCUT2D eigenvalue weighted by molar-refractivity contribution is 5.64. The Kier molecular flexibility index (Phi) is 2.38. The minimum Gasteiger partial charge on any atom is -0.392 e. The summed E-state index contributed by atoms with van der Waals surface area (Å²) in [5.41, 5.74) is 0. The van der Waals surface area contributed by atoms with Gasteiger partial charge in [-0.05, 0) is 18.4 Å². The van der Waals surface area contributed by atoms with E-state index >= 15 is 0 Å². The zero-order valence-corrected chi connectivity index (χ0v) is 9.04. The van der Waals surface area contributed by atoms with Crippen LogP contribution in [0.4, 0.5) is 0 Å². The number of carbonyl (C=O) groups excluding carboxylic acids is 1. The molecule has 0 bridgehead atoms. The second kappa shape index (κ2) is 3.65. The minimum atomic E-state index is -0.407. The van der Waals surface area contributed by atoms with E-state index in [1.54, 1.807) is 0 Å². The third-order valence-electron chi connectivity index (χ3n) is 4.22. The molecule has 16 heavy (non-hydrogen) atoms. The Morgan fingerprint density at radius 1 is 1.31 bits per heavy atom. The lowest BCUT2D eigenvalue weighted by molar-refractivity contribution is -0.270. The molecule has 1 aliphatic heterocycles. The van der Waals surface area contributed by atoms with Gasteiger partial charge in [-0.3, -0.25) is 4.79 Å². The van der Waals surface area contributed by atoms with Crippen molar-refractivity contribution in [2.24, 2.45) is 17.8 Å². The maximum absolute atomic E-state index is 10.3. The van der Waals surface area contributed by atoms with Crippen LogP contribution in [0.1, 0.15) is 12.8 Å². The first-order valence-electron chi connectivity index (χ1n) is 5.85. The number of carbonyl (C=O) groups is 1. The van der Waals surface area contributed by atoms with Crippen LogP contribution in [-0.4, -0.2) is 36.5 Å². The van der Waals surface area contributed by atoms with E-state index in [9.17, 15) is 9.90 Å². The second-order valence-corrected chi connectivity index (χ2v) is 4.88. The van der Waals surface area contributed by atoms with Gasteiger partial charge < -0.3 is 14.6 Å². The van der Waals surface area contributed by atoms with Crippen LogP contribution in [0.5, 0.6) is 0 Å². The van der Waals surface area contributed by atoms with Crippen LogP contribution in [0.2, 0.25) is 0 Å². The number of rotatable bonds is 2. The molecule has 0 aromatic rings. The Labute approximate surface area is 94.2 Å². The van der Waals surface area contributed by atoms with Gasteiger partial charge in [0.15, 0.2) is 5.79 Å². The number of hydrogen-bond donors (Lipinski definition) is 1. The van der Waals surface area contributed by atoms with Crippen LogP contribution >= 0.6 is 0 Å². The normalized spacial score (nSPS) is 44.8. The monoisotopic (exact) mass is 224 g/mol. The van der Waals surface area contributed by atoms with Crippen LogP contribution < -0.4 is 0 Å². The van der Waals surface area contributed by atoms with Crippen molar-refractivity contribution in [3.05, 3.63) is 12.2 Å². The van der Waals surface area contributed by atoms with Gasteiger partial charge in [0.25, 0.3) is 0 Å². The largest absolute Gasteiger partial charge is 0.392 e. The molecule has 4 atom stereocenters. The fourth-order valence-electron chi connectivity index (χ4n) is 3.50. The third-order valence-corrected chi connectivity index (χ3v) is 4.22. The van der Waals surface area contributed by atoms with Gasteiger partial charge in [-0.15, -0.1) is 0 Å². The molecular weight excluding hydrogens is 208 g/mol. The van der Waals surface area contributed by atoms with Gasteiger partial charge in [0, 0.05) is 18.3 Å². The molecule has 3 rings (SSSR count). The summed E-state index contributed by atoms with van der Waals surface area (Å²) in [6, 6.07) is 0. The minimum absolute atomic E-state index is 0.0913. The Bertz CT molecular complexity index is 319. The maximum Gasteiger partial charge on any atom is 0.171 e. The lowest BCUT2D eigenvalue weighted by Gasteiger charge is -2.48. The van der Waals surface area contributed by atoms with Gasteiger partial charge in [0.2, 0.25) is 0 Å². The van der Waals surface area contributed by atoms with Gasteiger partial charge in [0.1, 0.15) is 6.29 Å². The van der Waals surface area contributed by atoms with Crippen molar-refractivity contribution >= 4 is 6.29 Å².